The third-order valence-electron chi connectivity index (χ3n) is 2.41. The Morgan fingerprint density at radius 3 is 2.71 bits per heavy atom. The molecule has 0 saturated heterocycles. The van der Waals surface area contributed by atoms with Crippen LogP contribution < -0.4 is 5.73 Å². The van der Waals surface area contributed by atoms with Crippen LogP contribution in [0.1, 0.15) is 57.2 Å². The van der Waals surface area contributed by atoms with E-state index in [1.54, 1.807) is 0 Å². The topological polar surface area (TPSA) is 64.9 Å². The summed E-state index contributed by atoms with van der Waals surface area (Å²) < 4.78 is 5.16. The van der Waals surface area contributed by atoms with E-state index in [0.29, 0.717) is 18.3 Å². The molecule has 14 heavy (non-hydrogen) atoms. The van der Waals surface area contributed by atoms with Gasteiger partial charge in [0.1, 0.15) is 0 Å². The Bertz CT molecular complexity index is 260. The van der Waals surface area contributed by atoms with Crippen LogP contribution in [0.3, 0.4) is 0 Å². The van der Waals surface area contributed by atoms with Crippen molar-refractivity contribution < 1.29 is 4.52 Å². The van der Waals surface area contributed by atoms with Crippen LogP contribution in [0, 0.1) is 0 Å². The molecular weight excluding hydrogens is 178 g/mol. The lowest BCUT2D eigenvalue weighted by molar-refractivity contribution is 0.336. The fourth-order valence-corrected chi connectivity index (χ4v) is 1.47. The van der Waals surface area contributed by atoms with Crippen molar-refractivity contribution in [2.24, 2.45) is 5.73 Å². The van der Waals surface area contributed by atoms with E-state index < -0.39 is 0 Å². The number of aromatic nitrogens is 2. The molecule has 0 saturated carbocycles. The maximum atomic E-state index is 5.42. The minimum absolute atomic E-state index is 0.355. The molecule has 0 fully saturated rings. The second-order valence-electron chi connectivity index (χ2n) is 3.50. The molecule has 0 radical (unpaired) electrons. The Kier molecular flexibility index (Phi) is 4.59. The molecule has 1 unspecified atom stereocenters. The van der Waals surface area contributed by atoms with E-state index in [1.807, 2.05) is 0 Å². The molecule has 1 rings (SSSR count). The molecule has 0 aliphatic rings. The Morgan fingerprint density at radius 1 is 1.43 bits per heavy atom. The molecule has 80 valence electrons. The van der Waals surface area contributed by atoms with E-state index in [0.717, 1.165) is 18.7 Å². The zero-order valence-corrected chi connectivity index (χ0v) is 8.99. The van der Waals surface area contributed by atoms with Crippen LogP contribution in [0.15, 0.2) is 4.52 Å². The summed E-state index contributed by atoms with van der Waals surface area (Å²) in [5.41, 5.74) is 5.42. The lowest BCUT2D eigenvalue weighted by Gasteiger charge is -2.07. The monoisotopic (exact) mass is 197 g/mol. The molecule has 1 heterocycles. The second-order valence-corrected chi connectivity index (χ2v) is 3.50. The summed E-state index contributed by atoms with van der Waals surface area (Å²) in [5, 5.41) is 3.80. The van der Waals surface area contributed by atoms with Crippen molar-refractivity contribution in [1.82, 2.24) is 10.1 Å². The van der Waals surface area contributed by atoms with E-state index in [4.69, 9.17) is 10.3 Å². The molecule has 0 bridgehead atoms. The minimum Gasteiger partial charge on any atom is -0.339 e. The SMILES string of the molecule is CCCCC(CC)c1nc(CN)no1. The van der Waals surface area contributed by atoms with Gasteiger partial charge in [-0.25, -0.2) is 0 Å². The van der Waals surface area contributed by atoms with E-state index in [-0.39, 0.29) is 0 Å². The summed E-state index contributed by atoms with van der Waals surface area (Å²) in [6.45, 7) is 4.69. The largest absolute Gasteiger partial charge is 0.339 e. The zero-order chi connectivity index (χ0) is 10.4. The first kappa shape index (κ1) is 11.2. The lowest BCUT2D eigenvalue weighted by Crippen LogP contribution is -2.01. The van der Waals surface area contributed by atoms with Gasteiger partial charge in [0, 0.05) is 5.92 Å². The minimum atomic E-state index is 0.355. The number of hydrogen-bond acceptors (Lipinski definition) is 4. The van der Waals surface area contributed by atoms with Crippen LogP contribution in [0.25, 0.3) is 0 Å². The predicted molar refractivity (Wildman–Crippen MR) is 54.7 cm³/mol. The van der Waals surface area contributed by atoms with Crippen molar-refractivity contribution in [2.75, 3.05) is 0 Å². The van der Waals surface area contributed by atoms with Crippen molar-refractivity contribution in [3.8, 4) is 0 Å². The zero-order valence-electron chi connectivity index (χ0n) is 8.99. The van der Waals surface area contributed by atoms with Gasteiger partial charge in [0.2, 0.25) is 5.89 Å². The van der Waals surface area contributed by atoms with Crippen LogP contribution in [0.5, 0.6) is 0 Å². The Morgan fingerprint density at radius 2 is 2.21 bits per heavy atom. The second kappa shape index (κ2) is 5.75. The van der Waals surface area contributed by atoms with Gasteiger partial charge >= 0.3 is 0 Å². The van der Waals surface area contributed by atoms with Gasteiger partial charge in [-0.05, 0) is 12.8 Å². The van der Waals surface area contributed by atoms with Crippen molar-refractivity contribution in [1.29, 1.82) is 0 Å². The summed E-state index contributed by atoms with van der Waals surface area (Å²) in [5.74, 6) is 1.76. The van der Waals surface area contributed by atoms with Gasteiger partial charge in [-0.15, -0.1) is 0 Å². The molecule has 0 aliphatic carbocycles. The molecule has 1 aromatic rings. The normalized spacial score (nSPS) is 13.1. The Hall–Kier alpha value is -0.900. The number of nitrogens with two attached hydrogens (primary N) is 1. The number of hydrogen-bond donors (Lipinski definition) is 1. The van der Waals surface area contributed by atoms with Crippen LogP contribution in [-0.4, -0.2) is 10.1 Å². The maximum Gasteiger partial charge on any atom is 0.229 e. The van der Waals surface area contributed by atoms with Crippen molar-refractivity contribution in [3.63, 3.8) is 0 Å². The van der Waals surface area contributed by atoms with Gasteiger partial charge in [-0.3, -0.25) is 0 Å². The van der Waals surface area contributed by atoms with Crippen LogP contribution in [0.4, 0.5) is 0 Å². The number of unbranched alkanes of at least 4 members (excludes halogenated alkanes) is 1. The third kappa shape index (κ3) is 2.80. The van der Waals surface area contributed by atoms with Crippen molar-refractivity contribution >= 4 is 0 Å². The van der Waals surface area contributed by atoms with Gasteiger partial charge in [0.05, 0.1) is 6.54 Å². The standard InChI is InChI=1S/C10H19N3O/c1-3-5-6-8(4-2)10-12-9(7-11)13-14-10/h8H,3-7,11H2,1-2H3. The van der Waals surface area contributed by atoms with E-state index in [1.165, 1.54) is 12.8 Å². The first-order valence-corrected chi connectivity index (χ1v) is 5.34. The Balaban J connectivity index is 2.58. The maximum absolute atomic E-state index is 5.42. The average Bonchev–Trinajstić information content (AvgIpc) is 2.68. The first-order chi connectivity index (χ1) is 6.81. The predicted octanol–water partition coefficient (Wildman–Crippen LogP) is 2.21. The van der Waals surface area contributed by atoms with Crippen LogP contribution in [0.2, 0.25) is 0 Å². The molecule has 0 aromatic carbocycles. The van der Waals surface area contributed by atoms with Gasteiger partial charge in [-0.2, -0.15) is 4.98 Å². The summed E-state index contributed by atoms with van der Waals surface area (Å²) in [6.07, 6.45) is 4.58. The van der Waals surface area contributed by atoms with Crippen LogP contribution >= 0.6 is 0 Å². The van der Waals surface area contributed by atoms with Crippen molar-refractivity contribution in [2.45, 2.75) is 52.0 Å². The van der Waals surface area contributed by atoms with Gasteiger partial charge in [-0.1, -0.05) is 31.8 Å². The fraction of sp³-hybridized carbons (Fsp3) is 0.800. The summed E-state index contributed by atoms with van der Waals surface area (Å²) >= 11 is 0. The summed E-state index contributed by atoms with van der Waals surface area (Å²) in [7, 11) is 0. The molecule has 0 spiro atoms. The fourth-order valence-electron chi connectivity index (χ4n) is 1.47. The van der Waals surface area contributed by atoms with Gasteiger partial charge < -0.3 is 10.3 Å². The molecule has 1 atom stereocenters. The van der Waals surface area contributed by atoms with Crippen molar-refractivity contribution in [3.05, 3.63) is 11.7 Å². The molecule has 4 nitrogen and oxygen atoms in total. The van der Waals surface area contributed by atoms with E-state index in [9.17, 15) is 0 Å². The molecular formula is C10H19N3O. The van der Waals surface area contributed by atoms with Gasteiger partial charge in [0.25, 0.3) is 0 Å². The molecule has 2 N–H and O–H groups in total. The highest BCUT2D eigenvalue weighted by Gasteiger charge is 2.15. The quantitative estimate of drug-likeness (QED) is 0.759. The lowest BCUT2D eigenvalue weighted by atomic mass is 9.99. The number of nitrogens with zero attached hydrogens (tertiary/aromatic N) is 2. The van der Waals surface area contributed by atoms with E-state index in [2.05, 4.69) is 24.0 Å². The highest BCUT2D eigenvalue weighted by molar-refractivity contribution is 4.93. The Labute approximate surface area is 84.9 Å². The van der Waals surface area contributed by atoms with E-state index >= 15 is 0 Å². The first-order valence-electron chi connectivity index (χ1n) is 5.34. The third-order valence-corrected chi connectivity index (χ3v) is 2.41. The van der Waals surface area contributed by atoms with Gasteiger partial charge in [0.15, 0.2) is 5.82 Å². The molecule has 0 aliphatic heterocycles. The summed E-state index contributed by atoms with van der Waals surface area (Å²) in [4.78, 5) is 4.25. The van der Waals surface area contributed by atoms with Crippen LogP contribution in [-0.2, 0) is 6.54 Å². The molecule has 1 aromatic heterocycles. The summed E-state index contributed by atoms with van der Waals surface area (Å²) in [6, 6.07) is 0. The highest BCUT2D eigenvalue weighted by Crippen LogP contribution is 2.23. The average molecular weight is 197 g/mol. The molecule has 4 heteroatoms. The number of rotatable bonds is 6. The highest BCUT2D eigenvalue weighted by atomic mass is 16.5. The molecule has 0 amide bonds. The smallest absolute Gasteiger partial charge is 0.229 e.